The summed E-state index contributed by atoms with van der Waals surface area (Å²) in [7, 11) is 1.66. The van der Waals surface area contributed by atoms with Gasteiger partial charge in [-0.1, -0.05) is 25.0 Å². The monoisotopic (exact) mass is 338 g/mol. The maximum absolute atomic E-state index is 14.2. The molecular weight excluding hydrogens is 315 g/mol. The van der Waals surface area contributed by atoms with Crippen molar-refractivity contribution >= 4 is 0 Å². The number of nitriles is 1. The summed E-state index contributed by atoms with van der Waals surface area (Å²) in [6, 6.07) is 15.1. The first-order valence-electron chi connectivity index (χ1n) is 8.78. The van der Waals surface area contributed by atoms with E-state index in [2.05, 4.69) is 23.1 Å². The van der Waals surface area contributed by atoms with Gasteiger partial charge >= 0.3 is 0 Å². The van der Waals surface area contributed by atoms with E-state index in [0.29, 0.717) is 17.7 Å². The van der Waals surface area contributed by atoms with Crippen molar-refractivity contribution in [3.63, 3.8) is 0 Å². The largest absolute Gasteiger partial charge is 0.497 e. The number of methoxy groups -OCH3 is 1. The summed E-state index contributed by atoms with van der Waals surface area (Å²) in [5, 5.41) is 9.09. The van der Waals surface area contributed by atoms with Gasteiger partial charge < -0.3 is 4.74 Å². The summed E-state index contributed by atoms with van der Waals surface area (Å²) in [5.74, 6) is 0.605. The second kappa shape index (κ2) is 8.13. The Balaban J connectivity index is 1.86. The molecule has 1 atom stereocenters. The predicted molar refractivity (Wildman–Crippen MR) is 95.7 cm³/mol. The number of ether oxygens (including phenoxy) is 1. The van der Waals surface area contributed by atoms with Crippen LogP contribution in [0.15, 0.2) is 42.5 Å². The van der Waals surface area contributed by atoms with E-state index >= 15 is 0 Å². The van der Waals surface area contributed by atoms with Crippen LogP contribution in [0.5, 0.6) is 5.75 Å². The minimum Gasteiger partial charge on any atom is -0.497 e. The van der Waals surface area contributed by atoms with Crippen LogP contribution in [0.3, 0.4) is 0 Å². The van der Waals surface area contributed by atoms with E-state index in [1.165, 1.54) is 30.5 Å². The molecule has 130 valence electrons. The molecule has 3 nitrogen and oxygen atoms in total. The van der Waals surface area contributed by atoms with Gasteiger partial charge in [-0.3, -0.25) is 4.90 Å². The normalized spacial score (nSPS) is 18.4. The molecule has 2 aromatic carbocycles. The molecule has 0 N–H and O–H groups in total. The zero-order valence-corrected chi connectivity index (χ0v) is 14.5. The molecule has 0 bridgehead atoms. The summed E-state index contributed by atoms with van der Waals surface area (Å²) in [6.45, 7) is 1.46. The molecule has 0 aromatic heterocycles. The third-order valence-corrected chi connectivity index (χ3v) is 4.91. The standard InChI is InChI=1S/C21H23FN2O/c1-25-19-9-7-17(8-10-19)21-5-3-2-4-12-24(21)15-18-13-16(14-23)6-11-20(18)22/h6-11,13,21H,2-5,12,15H2,1H3/t21-/m0/s1. The maximum Gasteiger partial charge on any atom is 0.127 e. The third kappa shape index (κ3) is 4.18. The number of halogens is 1. The van der Waals surface area contributed by atoms with E-state index in [4.69, 9.17) is 10.00 Å². The van der Waals surface area contributed by atoms with Crippen LogP contribution in [0.25, 0.3) is 0 Å². The molecular formula is C21H23FN2O. The van der Waals surface area contributed by atoms with Crippen LogP contribution in [0.1, 0.15) is 48.4 Å². The van der Waals surface area contributed by atoms with Crippen molar-refractivity contribution in [1.29, 1.82) is 5.26 Å². The first-order chi connectivity index (χ1) is 12.2. The van der Waals surface area contributed by atoms with E-state index in [1.807, 2.05) is 12.1 Å². The molecule has 0 radical (unpaired) electrons. The molecule has 3 rings (SSSR count). The fraction of sp³-hybridized carbons (Fsp3) is 0.381. The van der Waals surface area contributed by atoms with Gasteiger partial charge in [-0.25, -0.2) is 4.39 Å². The molecule has 4 heteroatoms. The molecule has 1 saturated heterocycles. The number of likely N-dealkylation sites (tertiary alicyclic amines) is 1. The topological polar surface area (TPSA) is 36.3 Å². The van der Waals surface area contributed by atoms with Gasteiger partial charge in [0.2, 0.25) is 0 Å². The first kappa shape index (κ1) is 17.4. The van der Waals surface area contributed by atoms with E-state index in [-0.39, 0.29) is 11.9 Å². The quantitative estimate of drug-likeness (QED) is 0.801. The van der Waals surface area contributed by atoms with Crippen LogP contribution in [-0.4, -0.2) is 18.6 Å². The molecule has 1 heterocycles. The van der Waals surface area contributed by atoms with Gasteiger partial charge in [-0.05, 0) is 55.3 Å². The summed E-state index contributed by atoms with van der Waals surface area (Å²) in [6.07, 6.45) is 4.55. The van der Waals surface area contributed by atoms with Crippen molar-refractivity contribution in [2.75, 3.05) is 13.7 Å². The molecule has 0 saturated carbocycles. The molecule has 0 aliphatic carbocycles. The van der Waals surface area contributed by atoms with Crippen molar-refractivity contribution in [2.45, 2.75) is 38.3 Å². The van der Waals surface area contributed by atoms with E-state index < -0.39 is 0 Å². The number of hydrogen-bond acceptors (Lipinski definition) is 3. The van der Waals surface area contributed by atoms with Crippen molar-refractivity contribution < 1.29 is 9.13 Å². The molecule has 1 aliphatic rings. The average molecular weight is 338 g/mol. The highest BCUT2D eigenvalue weighted by Crippen LogP contribution is 2.32. The molecule has 1 aliphatic heterocycles. The molecule has 0 amide bonds. The highest BCUT2D eigenvalue weighted by molar-refractivity contribution is 5.34. The van der Waals surface area contributed by atoms with Gasteiger partial charge in [0.1, 0.15) is 11.6 Å². The van der Waals surface area contributed by atoms with Crippen LogP contribution in [-0.2, 0) is 6.54 Å². The summed E-state index contributed by atoms with van der Waals surface area (Å²) in [4.78, 5) is 2.34. The second-order valence-corrected chi connectivity index (χ2v) is 6.53. The van der Waals surface area contributed by atoms with Gasteiger partial charge in [-0.2, -0.15) is 5.26 Å². The van der Waals surface area contributed by atoms with Gasteiger partial charge in [0, 0.05) is 18.2 Å². The van der Waals surface area contributed by atoms with Gasteiger partial charge in [-0.15, -0.1) is 0 Å². The highest BCUT2D eigenvalue weighted by atomic mass is 19.1. The van der Waals surface area contributed by atoms with Gasteiger partial charge in [0.05, 0.1) is 18.7 Å². The smallest absolute Gasteiger partial charge is 0.127 e. The van der Waals surface area contributed by atoms with Crippen molar-refractivity contribution in [3.8, 4) is 11.8 Å². The number of benzene rings is 2. The number of nitrogens with zero attached hydrogens (tertiary/aromatic N) is 2. The number of rotatable bonds is 4. The van der Waals surface area contributed by atoms with E-state index in [9.17, 15) is 4.39 Å². The summed E-state index contributed by atoms with van der Waals surface area (Å²) < 4.78 is 19.5. The lowest BCUT2D eigenvalue weighted by molar-refractivity contribution is 0.190. The Morgan fingerprint density at radius 2 is 1.96 bits per heavy atom. The Kier molecular flexibility index (Phi) is 5.67. The Bertz CT molecular complexity index is 751. The fourth-order valence-electron chi connectivity index (χ4n) is 3.54. The minimum absolute atomic E-state index is 0.239. The molecule has 0 spiro atoms. The van der Waals surface area contributed by atoms with Crippen LogP contribution in [0, 0.1) is 17.1 Å². The molecule has 2 aromatic rings. The molecule has 25 heavy (non-hydrogen) atoms. The van der Waals surface area contributed by atoms with E-state index in [1.54, 1.807) is 13.2 Å². The van der Waals surface area contributed by atoms with Crippen LogP contribution in [0.2, 0.25) is 0 Å². The summed E-state index contributed by atoms with van der Waals surface area (Å²) in [5.41, 5.74) is 2.34. The third-order valence-electron chi connectivity index (χ3n) is 4.91. The van der Waals surface area contributed by atoms with Crippen LogP contribution in [0.4, 0.5) is 4.39 Å². The zero-order valence-electron chi connectivity index (χ0n) is 14.5. The van der Waals surface area contributed by atoms with Crippen molar-refractivity contribution in [3.05, 3.63) is 65.0 Å². The summed E-state index contributed by atoms with van der Waals surface area (Å²) >= 11 is 0. The second-order valence-electron chi connectivity index (χ2n) is 6.53. The van der Waals surface area contributed by atoms with Crippen LogP contribution < -0.4 is 4.74 Å². The maximum atomic E-state index is 14.2. The Morgan fingerprint density at radius 1 is 1.16 bits per heavy atom. The average Bonchev–Trinajstić information content (AvgIpc) is 2.89. The molecule has 0 unspecified atom stereocenters. The van der Waals surface area contributed by atoms with Gasteiger partial charge in [0.25, 0.3) is 0 Å². The Morgan fingerprint density at radius 3 is 2.68 bits per heavy atom. The lowest BCUT2D eigenvalue weighted by Crippen LogP contribution is -2.28. The Labute approximate surface area is 148 Å². The first-order valence-corrected chi connectivity index (χ1v) is 8.78. The Hall–Kier alpha value is -2.38. The SMILES string of the molecule is COc1ccc([C@@H]2CCCCCN2Cc2cc(C#N)ccc2F)cc1. The highest BCUT2D eigenvalue weighted by Gasteiger charge is 2.23. The van der Waals surface area contributed by atoms with Crippen molar-refractivity contribution in [1.82, 2.24) is 4.90 Å². The van der Waals surface area contributed by atoms with Crippen LogP contribution >= 0.6 is 0 Å². The van der Waals surface area contributed by atoms with Gasteiger partial charge in [0.15, 0.2) is 0 Å². The lowest BCUT2D eigenvalue weighted by atomic mass is 10.00. The molecule has 1 fully saturated rings. The lowest BCUT2D eigenvalue weighted by Gasteiger charge is -2.30. The minimum atomic E-state index is -0.239. The number of hydrogen-bond donors (Lipinski definition) is 0. The van der Waals surface area contributed by atoms with E-state index in [0.717, 1.165) is 25.1 Å². The predicted octanol–water partition coefficient (Wildman–Crippen LogP) is 4.82. The van der Waals surface area contributed by atoms with Crippen molar-refractivity contribution in [2.24, 2.45) is 0 Å². The fourth-order valence-corrected chi connectivity index (χ4v) is 3.54. The zero-order chi connectivity index (χ0) is 17.6.